The Morgan fingerprint density at radius 1 is 1.16 bits per heavy atom. The lowest BCUT2D eigenvalue weighted by atomic mass is 10.1. The van der Waals surface area contributed by atoms with E-state index in [2.05, 4.69) is 73.0 Å². The standard InChI is InChI=1S/C16H22N2S/c1-13(18(2)3)10-17-11-16-9-15(12-19-16)14-7-5-4-6-8-14/h4-9,12-13,17H,10-11H2,1-3H3. The van der Waals surface area contributed by atoms with Crippen LogP contribution in [0.4, 0.5) is 0 Å². The molecule has 102 valence electrons. The van der Waals surface area contributed by atoms with Crippen LogP contribution in [0.5, 0.6) is 0 Å². The van der Waals surface area contributed by atoms with Gasteiger partial charge in [0.25, 0.3) is 0 Å². The van der Waals surface area contributed by atoms with Gasteiger partial charge in [0.05, 0.1) is 0 Å². The maximum absolute atomic E-state index is 3.52. The summed E-state index contributed by atoms with van der Waals surface area (Å²) in [5.74, 6) is 0. The first kappa shape index (κ1) is 14.3. The van der Waals surface area contributed by atoms with Crippen molar-refractivity contribution in [2.45, 2.75) is 19.5 Å². The molecule has 0 bridgehead atoms. The van der Waals surface area contributed by atoms with E-state index in [1.165, 1.54) is 16.0 Å². The van der Waals surface area contributed by atoms with Crippen molar-refractivity contribution in [3.05, 3.63) is 46.7 Å². The van der Waals surface area contributed by atoms with E-state index in [1.54, 1.807) is 0 Å². The van der Waals surface area contributed by atoms with Crippen molar-refractivity contribution in [3.63, 3.8) is 0 Å². The normalized spacial score (nSPS) is 12.8. The minimum absolute atomic E-state index is 0.563. The predicted molar refractivity (Wildman–Crippen MR) is 84.6 cm³/mol. The number of rotatable bonds is 6. The summed E-state index contributed by atoms with van der Waals surface area (Å²) in [6.07, 6.45) is 0. The highest BCUT2D eigenvalue weighted by Gasteiger charge is 2.05. The lowest BCUT2D eigenvalue weighted by Gasteiger charge is -2.19. The summed E-state index contributed by atoms with van der Waals surface area (Å²) >= 11 is 1.83. The van der Waals surface area contributed by atoms with Crippen LogP contribution < -0.4 is 5.32 Å². The van der Waals surface area contributed by atoms with Crippen LogP contribution in [0.15, 0.2) is 41.8 Å². The lowest BCUT2D eigenvalue weighted by Crippen LogP contribution is -2.34. The molecule has 0 aliphatic carbocycles. The number of thiophene rings is 1. The van der Waals surface area contributed by atoms with E-state index in [-0.39, 0.29) is 0 Å². The van der Waals surface area contributed by atoms with Crippen LogP contribution >= 0.6 is 11.3 Å². The molecule has 0 saturated carbocycles. The SMILES string of the molecule is CC(CNCc1cc(-c2ccccc2)cs1)N(C)C. The molecule has 2 aromatic rings. The molecule has 2 nitrogen and oxygen atoms in total. The quantitative estimate of drug-likeness (QED) is 0.868. The Morgan fingerprint density at radius 3 is 2.58 bits per heavy atom. The van der Waals surface area contributed by atoms with Gasteiger partial charge in [0.15, 0.2) is 0 Å². The first-order valence-electron chi connectivity index (χ1n) is 6.67. The van der Waals surface area contributed by atoms with Gasteiger partial charge in [0.1, 0.15) is 0 Å². The number of hydrogen-bond acceptors (Lipinski definition) is 3. The zero-order chi connectivity index (χ0) is 13.7. The Hall–Kier alpha value is -1.16. The topological polar surface area (TPSA) is 15.3 Å². The second-order valence-corrected chi connectivity index (χ2v) is 6.11. The molecule has 0 radical (unpaired) electrons. The van der Waals surface area contributed by atoms with Crippen molar-refractivity contribution < 1.29 is 0 Å². The van der Waals surface area contributed by atoms with Gasteiger partial charge in [-0.1, -0.05) is 30.3 Å². The molecular formula is C16H22N2S. The zero-order valence-corrected chi connectivity index (χ0v) is 12.7. The van der Waals surface area contributed by atoms with Gasteiger partial charge in [-0.15, -0.1) is 11.3 Å². The third-order valence-corrected chi connectivity index (χ3v) is 4.32. The fourth-order valence-corrected chi connectivity index (χ4v) is 2.71. The Morgan fingerprint density at radius 2 is 1.89 bits per heavy atom. The number of likely N-dealkylation sites (N-methyl/N-ethyl adjacent to an activating group) is 1. The van der Waals surface area contributed by atoms with Crippen molar-refractivity contribution >= 4 is 11.3 Å². The van der Waals surface area contributed by atoms with Gasteiger partial charge in [0.2, 0.25) is 0 Å². The second kappa shape index (κ2) is 6.85. The van der Waals surface area contributed by atoms with Crippen LogP contribution in [0.2, 0.25) is 0 Å². The molecule has 2 rings (SSSR count). The van der Waals surface area contributed by atoms with Crippen molar-refractivity contribution in [2.75, 3.05) is 20.6 Å². The molecule has 0 aliphatic rings. The van der Waals surface area contributed by atoms with E-state index in [9.17, 15) is 0 Å². The molecule has 19 heavy (non-hydrogen) atoms. The smallest absolute Gasteiger partial charge is 0.0300 e. The molecule has 1 aromatic carbocycles. The highest BCUT2D eigenvalue weighted by atomic mass is 32.1. The summed E-state index contributed by atoms with van der Waals surface area (Å²) in [5.41, 5.74) is 2.62. The van der Waals surface area contributed by atoms with E-state index in [4.69, 9.17) is 0 Å². The molecule has 0 amide bonds. The van der Waals surface area contributed by atoms with Gasteiger partial charge in [-0.3, -0.25) is 0 Å². The number of benzene rings is 1. The summed E-state index contributed by atoms with van der Waals surface area (Å²) in [4.78, 5) is 3.63. The van der Waals surface area contributed by atoms with E-state index >= 15 is 0 Å². The fraction of sp³-hybridized carbons (Fsp3) is 0.375. The monoisotopic (exact) mass is 274 g/mol. The van der Waals surface area contributed by atoms with Crippen molar-refractivity contribution in [1.82, 2.24) is 10.2 Å². The first-order chi connectivity index (χ1) is 9.16. The van der Waals surface area contributed by atoms with Gasteiger partial charge >= 0.3 is 0 Å². The van der Waals surface area contributed by atoms with Gasteiger partial charge in [-0.25, -0.2) is 0 Å². The van der Waals surface area contributed by atoms with Crippen molar-refractivity contribution in [3.8, 4) is 11.1 Å². The summed E-state index contributed by atoms with van der Waals surface area (Å²) in [5, 5.41) is 5.75. The highest BCUT2D eigenvalue weighted by molar-refractivity contribution is 7.10. The Bertz CT molecular complexity index is 490. The fourth-order valence-electron chi connectivity index (χ4n) is 1.84. The molecule has 0 fully saturated rings. The second-order valence-electron chi connectivity index (χ2n) is 5.11. The van der Waals surface area contributed by atoms with E-state index in [0.29, 0.717) is 6.04 Å². The molecule has 0 aliphatic heterocycles. The van der Waals surface area contributed by atoms with Crippen LogP contribution in [-0.2, 0) is 6.54 Å². The number of nitrogens with one attached hydrogen (secondary N) is 1. The maximum atomic E-state index is 3.52. The van der Waals surface area contributed by atoms with Crippen LogP contribution in [0.25, 0.3) is 11.1 Å². The van der Waals surface area contributed by atoms with Crippen LogP contribution in [0.3, 0.4) is 0 Å². The number of hydrogen-bond donors (Lipinski definition) is 1. The summed E-state index contributed by atoms with van der Waals surface area (Å²) in [6, 6.07) is 13.4. The summed E-state index contributed by atoms with van der Waals surface area (Å²) in [7, 11) is 4.23. The molecule has 3 heteroatoms. The predicted octanol–water partition coefficient (Wildman–Crippen LogP) is 3.45. The van der Waals surface area contributed by atoms with E-state index in [0.717, 1.165) is 13.1 Å². The summed E-state index contributed by atoms with van der Waals surface area (Å²) < 4.78 is 0. The molecule has 0 spiro atoms. The highest BCUT2D eigenvalue weighted by Crippen LogP contribution is 2.25. The molecular weight excluding hydrogens is 252 g/mol. The van der Waals surface area contributed by atoms with E-state index < -0.39 is 0 Å². The Kier molecular flexibility index (Phi) is 5.14. The molecule has 1 atom stereocenters. The third kappa shape index (κ3) is 4.16. The lowest BCUT2D eigenvalue weighted by molar-refractivity contribution is 0.303. The molecule has 1 N–H and O–H groups in total. The third-order valence-electron chi connectivity index (χ3n) is 3.38. The van der Waals surface area contributed by atoms with Gasteiger partial charge < -0.3 is 10.2 Å². The number of nitrogens with zero attached hydrogens (tertiary/aromatic N) is 1. The van der Waals surface area contributed by atoms with Crippen molar-refractivity contribution in [1.29, 1.82) is 0 Å². The van der Waals surface area contributed by atoms with Gasteiger partial charge in [-0.05, 0) is 43.6 Å². The molecule has 1 heterocycles. The van der Waals surface area contributed by atoms with Crippen LogP contribution in [0.1, 0.15) is 11.8 Å². The largest absolute Gasteiger partial charge is 0.310 e. The van der Waals surface area contributed by atoms with Crippen LogP contribution in [-0.4, -0.2) is 31.6 Å². The van der Waals surface area contributed by atoms with Gasteiger partial charge in [-0.2, -0.15) is 0 Å². The summed E-state index contributed by atoms with van der Waals surface area (Å²) in [6.45, 7) is 4.21. The zero-order valence-electron chi connectivity index (χ0n) is 11.9. The van der Waals surface area contributed by atoms with Crippen LogP contribution in [0, 0.1) is 0 Å². The minimum atomic E-state index is 0.563. The van der Waals surface area contributed by atoms with Crippen molar-refractivity contribution in [2.24, 2.45) is 0 Å². The Labute approximate surface area is 120 Å². The molecule has 1 unspecified atom stereocenters. The first-order valence-corrected chi connectivity index (χ1v) is 7.55. The Balaban J connectivity index is 1.88. The minimum Gasteiger partial charge on any atom is -0.310 e. The molecule has 1 aromatic heterocycles. The van der Waals surface area contributed by atoms with Gasteiger partial charge in [0, 0.05) is 24.0 Å². The van der Waals surface area contributed by atoms with E-state index in [1.807, 2.05) is 11.3 Å². The maximum Gasteiger partial charge on any atom is 0.0300 e. The average Bonchev–Trinajstić information content (AvgIpc) is 2.88. The molecule has 0 saturated heterocycles. The average molecular weight is 274 g/mol.